The molecule has 0 aliphatic rings. The molecule has 1 heterocycles. The van der Waals surface area contributed by atoms with Crippen LogP contribution >= 0.6 is 0 Å². The van der Waals surface area contributed by atoms with E-state index < -0.39 is 5.97 Å². The van der Waals surface area contributed by atoms with Crippen LogP contribution < -0.4 is 0 Å². The van der Waals surface area contributed by atoms with Crippen LogP contribution in [0.4, 0.5) is 0 Å². The molecular weight excluding hydrogens is 254 g/mol. The highest BCUT2D eigenvalue weighted by atomic mass is 16.5. The molecule has 0 saturated heterocycles. The number of hydrogen-bond donors (Lipinski definition) is 0. The van der Waals surface area contributed by atoms with Gasteiger partial charge in [0.05, 0.1) is 12.7 Å². The lowest BCUT2D eigenvalue weighted by atomic mass is 10.1. The molecule has 0 aliphatic heterocycles. The number of pyridine rings is 1. The van der Waals surface area contributed by atoms with Crippen molar-refractivity contribution in [3.05, 3.63) is 71.6 Å². The molecule has 4 nitrogen and oxygen atoms in total. The lowest BCUT2D eigenvalue weighted by Crippen LogP contribution is -2.05. The summed E-state index contributed by atoms with van der Waals surface area (Å²) in [6, 6.07) is 12.4. The van der Waals surface area contributed by atoms with Crippen molar-refractivity contribution in [3.63, 3.8) is 0 Å². The number of hydrogen-bond acceptors (Lipinski definition) is 4. The molecule has 0 fully saturated rings. The number of rotatable bonds is 4. The van der Waals surface area contributed by atoms with E-state index in [1.807, 2.05) is 30.3 Å². The van der Waals surface area contributed by atoms with Crippen LogP contribution in [-0.2, 0) is 4.74 Å². The second kappa shape index (κ2) is 6.43. The monoisotopic (exact) mass is 267 g/mol. The van der Waals surface area contributed by atoms with Gasteiger partial charge in [-0.3, -0.25) is 9.78 Å². The van der Waals surface area contributed by atoms with E-state index in [9.17, 15) is 9.59 Å². The van der Waals surface area contributed by atoms with Crippen LogP contribution in [-0.4, -0.2) is 23.8 Å². The fourth-order valence-electron chi connectivity index (χ4n) is 1.63. The van der Waals surface area contributed by atoms with Crippen LogP contribution in [0.5, 0.6) is 0 Å². The third-order valence-corrected chi connectivity index (χ3v) is 2.66. The first kappa shape index (κ1) is 13.7. The average Bonchev–Trinajstić information content (AvgIpc) is 2.53. The van der Waals surface area contributed by atoms with Crippen molar-refractivity contribution < 1.29 is 14.3 Å². The Kier molecular flexibility index (Phi) is 4.39. The van der Waals surface area contributed by atoms with Gasteiger partial charge < -0.3 is 4.74 Å². The lowest BCUT2D eigenvalue weighted by Gasteiger charge is -2.00. The molecular formula is C16H13NO3. The van der Waals surface area contributed by atoms with Gasteiger partial charge >= 0.3 is 5.97 Å². The maximum atomic E-state index is 12.0. The summed E-state index contributed by atoms with van der Waals surface area (Å²) in [7, 11) is 1.29. The van der Waals surface area contributed by atoms with Gasteiger partial charge in [0.1, 0.15) is 5.69 Å². The molecule has 100 valence electrons. The predicted molar refractivity (Wildman–Crippen MR) is 75.4 cm³/mol. The van der Waals surface area contributed by atoms with Gasteiger partial charge in [-0.1, -0.05) is 36.4 Å². The van der Waals surface area contributed by atoms with Gasteiger partial charge in [-0.2, -0.15) is 0 Å². The van der Waals surface area contributed by atoms with Crippen molar-refractivity contribution in [1.29, 1.82) is 0 Å². The lowest BCUT2D eigenvalue weighted by molar-refractivity contribution is 0.0600. The number of aromatic nitrogens is 1. The van der Waals surface area contributed by atoms with Crippen molar-refractivity contribution >= 4 is 17.8 Å². The van der Waals surface area contributed by atoms with Crippen molar-refractivity contribution in [2.45, 2.75) is 0 Å². The Labute approximate surface area is 116 Å². The molecule has 0 spiro atoms. The SMILES string of the molecule is COC(=O)c1ccnc(C(=O)/C=C/c2ccccc2)c1. The first-order chi connectivity index (χ1) is 9.70. The third-order valence-electron chi connectivity index (χ3n) is 2.66. The Hall–Kier alpha value is -2.75. The molecule has 0 amide bonds. The molecule has 4 heteroatoms. The first-order valence-corrected chi connectivity index (χ1v) is 6.02. The number of ketones is 1. The van der Waals surface area contributed by atoms with Crippen LogP contribution in [0.25, 0.3) is 6.08 Å². The van der Waals surface area contributed by atoms with Gasteiger partial charge in [-0.05, 0) is 23.8 Å². The summed E-state index contributed by atoms with van der Waals surface area (Å²) >= 11 is 0. The minimum Gasteiger partial charge on any atom is -0.465 e. The van der Waals surface area contributed by atoms with Gasteiger partial charge in [-0.25, -0.2) is 4.79 Å². The van der Waals surface area contributed by atoms with Crippen LogP contribution in [0.15, 0.2) is 54.7 Å². The molecule has 0 saturated carbocycles. The molecule has 0 unspecified atom stereocenters. The van der Waals surface area contributed by atoms with Gasteiger partial charge in [-0.15, -0.1) is 0 Å². The number of carbonyl (C=O) groups excluding carboxylic acids is 2. The molecule has 2 rings (SSSR count). The number of carbonyl (C=O) groups is 2. The molecule has 0 N–H and O–H groups in total. The first-order valence-electron chi connectivity index (χ1n) is 6.02. The van der Waals surface area contributed by atoms with Crippen LogP contribution in [0.3, 0.4) is 0 Å². The van der Waals surface area contributed by atoms with Gasteiger partial charge in [0.2, 0.25) is 5.78 Å². The van der Waals surface area contributed by atoms with E-state index in [-0.39, 0.29) is 11.5 Å². The summed E-state index contributed by atoms with van der Waals surface area (Å²) < 4.78 is 4.60. The fourth-order valence-corrected chi connectivity index (χ4v) is 1.63. The second-order valence-electron chi connectivity index (χ2n) is 4.03. The Morgan fingerprint density at radius 1 is 1.15 bits per heavy atom. The van der Waals surface area contributed by atoms with E-state index in [1.165, 1.54) is 31.5 Å². The normalized spacial score (nSPS) is 10.4. The molecule has 0 aliphatic carbocycles. The van der Waals surface area contributed by atoms with Crippen LogP contribution in [0, 0.1) is 0 Å². The smallest absolute Gasteiger partial charge is 0.337 e. The zero-order chi connectivity index (χ0) is 14.4. The molecule has 1 aromatic carbocycles. The Bertz CT molecular complexity index is 648. The molecule has 0 bridgehead atoms. The predicted octanol–water partition coefficient (Wildman–Crippen LogP) is 2.76. The largest absolute Gasteiger partial charge is 0.465 e. The van der Waals surface area contributed by atoms with E-state index in [0.717, 1.165) is 5.56 Å². The maximum Gasteiger partial charge on any atom is 0.337 e. The maximum absolute atomic E-state index is 12.0. The minimum atomic E-state index is -0.492. The molecule has 0 radical (unpaired) electrons. The Morgan fingerprint density at radius 2 is 1.90 bits per heavy atom. The molecule has 1 aromatic heterocycles. The van der Waals surface area contributed by atoms with Gasteiger partial charge in [0.15, 0.2) is 0 Å². The molecule has 2 aromatic rings. The molecule has 20 heavy (non-hydrogen) atoms. The summed E-state index contributed by atoms with van der Waals surface area (Å²) in [5.41, 5.74) is 1.43. The van der Waals surface area contributed by atoms with Crippen molar-refractivity contribution in [2.24, 2.45) is 0 Å². The highest BCUT2D eigenvalue weighted by molar-refractivity contribution is 6.06. The summed E-state index contributed by atoms with van der Waals surface area (Å²) in [4.78, 5) is 27.3. The summed E-state index contributed by atoms with van der Waals surface area (Å²) in [6.45, 7) is 0. The zero-order valence-corrected chi connectivity index (χ0v) is 10.9. The van der Waals surface area contributed by atoms with E-state index in [2.05, 4.69) is 9.72 Å². The van der Waals surface area contributed by atoms with E-state index in [4.69, 9.17) is 0 Å². The highest BCUT2D eigenvalue weighted by Crippen LogP contribution is 2.07. The van der Waals surface area contributed by atoms with E-state index in [0.29, 0.717) is 5.56 Å². The quantitative estimate of drug-likeness (QED) is 0.485. The van der Waals surface area contributed by atoms with Crippen molar-refractivity contribution in [3.8, 4) is 0 Å². The minimum absolute atomic E-state index is 0.208. The number of methoxy groups -OCH3 is 1. The average molecular weight is 267 g/mol. The number of nitrogens with zero attached hydrogens (tertiary/aromatic N) is 1. The summed E-state index contributed by atoms with van der Waals surface area (Å²) in [5.74, 6) is -0.756. The number of ether oxygens (including phenoxy) is 1. The number of allylic oxidation sites excluding steroid dienone is 1. The summed E-state index contributed by atoms with van der Waals surface area (Å²) in [6.07, 6.45) is 4.55. The van der Waals surface area contributed by atoms with Crippen molar-refractivity contribution in [1.82, 2.24) is 4.98 Å². The van der Waals surface area contributed by atoms with E-state index in [1.54, 1.807) is 6.08 Å². The Balaban J connectivity index is 2.17. The highest BCUT2D eigenvalue weighted by Gasteiger charge is 2.09. The van der Waals surface area contributed by atoms with Gasteiger partial charge in [0.25, 0.3) is 0 Å². The second-order valence-corrected chi connectivity index (χ2v) is 4.03. The standard InChI is InChI=1S/C16H13NO3/c1-20-16(19)13-9-10-17-14(11-13)15(18)8-7-12-5-3-2-4-6-12/h2-11H,1H3/b8-7+. The molecule has 0 atom stereocenters. The van der Waals surface area contributed by atoms with Crippen LogP contribution in [0.1, 0.15) is 26.4 Å². The Morgan fingerprint density at radius 3 is 2.60 bits per heavy atom. The zero-order valence-electron chi connectivity index (χ0n) is 10.9. The van der Waals surface area contributed by atoms with E-state index >= 15 is 0 Å². The van der Waals surface area contributed by atoms with Crippen molar-refractivity contribution in [2.75, 3.05) is 7.11 Å². The summed E-state index contributed by atoms with van der Waals surface area (Å²) in [5, 5.41) is 0. The number of benzene rings is 1. The third kappa shape index (κ3) is 3.38. The van der Waals surface area contributed by atoms with Gasteiger partial charge in [0, 0.05) is 6.20 Å². The van der Waals surface area contributed by atoms with Crippen LogP contribution in [0.2, 0.25) is 0 Å². The fraction of sp³-hybridized carbons (Fsp3) is 0.0625. The topological polar surface area (TPSA) is 56.3 Å². The number of esters is 1.